The third-order valence-corrected chi connectivity index (χ3v) is 2.76. The maximum atomic E-state index is 4.73. The van der Waals surface area contributed by atoms with Crippen LogP contribution in [0.5, 0.6) is 0 Å². The van der Waals surface area contributed by atoms with Crippen LogP contribution in [-0.2, 0) is 0 Å². The fourth-order valence-electron chi connectivity index (χ4n) is 1.64. The van der Waals surface area contributed by atoms with E-state index in [1.54, 1.807) is 5.41 Å². The second-order valence-corrected chi connectivity index (χ2v) is 4.26. The summed E-state index contributed by atoms with van der Waals surface area (Å²) in [7, 11) is 0. The minimum atomic E-state index is 1.18. The zero-order chi connectivity index (χ0) is 10.5. The first-order valence-corrected chi connectivity index (χ1v) is 6.66. The SMILES string of the molecule is CCCCCCCCCCCC=C[S]. The Hall–Kier alpha value is -0.0400. The molecule has 0 atom stereocenters. The highest BCUT2D eigenvalue weighted by molar-refractivity contribution is 7.83. The van der Waals surface area contributed by atoms with Gasteiger partial charge in [-0.25, -0.2) is 0 Å². The molecule has 0 aliphatic carbocycles. The molecule has 0 amide bonds. The summed E-state index contributed by atoms with van der Waals surface area (Å²) >= 11 is 4.73. The van der Waals surface area contributed by atoms with E-state index in [9.17, 15) is 0 Å². The van der Waals surface area contributed by atoms with Gasteiger partial charge in [0.25, 0.3) is 0 Å². The lowest BCUT2D eigenvalue weighted by Gasteiger charge is -2.00. The molecule has 0 N–H and O–H groups in total. The molecule has 0 aromatic heterocycles. The molecule has 0 fully saturated rings. The fraction of sp³-hybridized carbons (Fsp3) is 0.846. The van der Waals surface area contributed by atoms with Crippen LogP contribution in [0.3, 0.4) is 0 Å². The lowest BCUT2D eigenvalue weighted by Crippen LogP contribution is -1.80. The molecule has 1 radical (unpaired) electrons. The molecule has 0 spiro atoms. The van der Waals surface area contributed by atoms with Crippen LogP contribution in [0.4, 0.5) is 0 Å². The predicted molar refractivity (Wildman–Crippen MR) is 68.6 cm³/mol. The van der Waals surface area contributed by atoms with Crippen molar-refractivity contribution in [3.05, 3.63) is 11.5 Å². The maximum Gasteiger partial charge on any atom is -0.00265 e. The van der Waals surface area contributed by atoms with Crippen LogP contribution in [-0.4, -0.2) is 0 Å². The van der Waals surface area contributed by atoms with Gasteiger partial charge in [-0.15, -0.1) is 0 Å². The van der Waals surface area contributed by atoms with Crippen LogP contribution in [0.2, 0.25) is 0 Å². The molecular formula is C13H25S. The van der Waals surface area contributed by atoms with Crippen molar-refractivity contribution < 1.29 is 0 Å². The van der Waals surface area contributed by atoms with Crippen molar-refractivity contribution in [2.24, 2.45) is 0 Å². The topological polar surface area (TPSA) is 0 Å². The van der Waals surface area contributed by atoms with Crippen LogP contribution < -0.4 is 0 Å². The van der Waals surface area contributed by atoms with Gasteiger partial charge in [0.2, 0.25) is 0 Å². The molecule has 0 aliphatic heterocycles. The molecule has 0 rings (SSSR count). The van der Waals surface area contributed by atoms with E-state index >= 15 is 0 Å². The molecular weight excluding hydrogens is 188 g/mol. The molecule has 0 unspecified atom stereocenters. The maximum absolute atomic E-state index is 4.73. The highest BCUT2D eigenvalue weighted by atomic mass is 32.1. The Bertz CT molecular complexity index is 118. The first-order valence-electron chi connectivity index (χ1n) is 6.18. The number of allylic oxidation sites excluding steroid dienone is 1. The van der Waals surface area contributed by atoms with E-state index in [0.29, 0.717) is 0 Å². The van der Waals surface area contributed by atoms with E-state index < -0.39 is 0 Å². The monoisotopic (exact) mass is 213 g/mol. The highest BCUT2D eigenvalue weighted by Gasteiger charge is 1.90. The van der Waals surface area contributed by atoms with Gasteiger partial charge in [0.1, 0.15) is 0 Å². The summed E-state index contributed by atoms with van der Waals surface area (Å²) in [5.41, 5.74) is 0. The van der Waals surface area contributed by atoms with Crippen LogP contribution in [0.15, 0.2) is 11.5 Å². The van der Waals surface area contributed by atoms with Gasteiger partial charge in [0.15, 0.2) is 0 Å². The number of rotatable bonds is 10. The van der Waals surface area contributed by atoms with Crippen LogP contribution in [0, 0.1) is 0 Å². The molecule has 0 saturated heterocycles. The summed E-state index contributed by atoms with van der Waals surface area (Å²) in [6.45, 7) is 2.27. The van der Waals surface area contributed by atoms with E-state index in [2.05, 4.69) is 13.0 Å². The summed E-state index contributed by atoms with van der Waals surface area (Å²) in [6.07, 6.45) is 15.9. The van der Waals surface area contributed by atoms with E-state index in [1.165, 1.54) is 64.2 Å². The quantitative estimate of drug-likeness (QED) is 0.413. The molecule has 83 valence electrons. The first kappa shape index (κ1) is 14.0. The average Bonchev–Trinajstić information content (AvgIpc) is 2.21. The smallest absolute Gasteiger partial charge is 0.00265 e. The standard InChI is InChI=1S/C13H25S/c1-2-3-4-5-6-7-8-9-10-11-12-13-14/h12-13H,2-11H2,1H3. The minimum absolute atomic E-state index is 1.18. The Balaban J connectivity index is 2.85. The Morgan fingerprint density at radius 3 is 1.79 bits per heavy atom. The van der Waals surface area contributed by atoms with Crippen molar-refractivity contribution in [3.8, 4) is 0 Å². The summed E-state index contributed by atoms with van der Waals surface area (Å²) in [5.74, 6) is 0. The van der Waals surface area contributed by atoms with Crippen molar-refractivity contribution in [1.29, 1.82) is 0 Å². The lowest BCUT2D eigenvalue weighted by atomic mass is 10.1. The van der Waals surface area contributed by atoms with Crippen molar-refractivity contribution >= 4 is 12.6 Å². The predicted octanol–water partition coefficient (Wildman–Crippen LogP) is 5.62. The van der Waals surface area contributed by atoms with Crippen molar-refractivity contribution in [2.75, 3.05) is 0 Å². The van der Waals surface area contributed by atoms with Crippen LogP contribution in [0.1, 0.15) is 71.1 Å². The number of hydrogen-bond acceptors (Lipinski definition) is 0. The van der Waals surface area contributed by atoms with Gasteiger partial charge in [0.05, 0.1) is 0 Å². The minimum Gasteiger partial charge on any atom is -0.0891 e. The first-order chi connectivity index (χ1) is 6.91. The van der Waals surface area contributed by atoms with Gasteiger partial charge in [-0.05, 0) is 18.2 Å². The Morgan fingerprint density at radius 2 is 1.29 bits per heavy atom. The van der Waals surface area contributed by atoms with E-state index in [4.69, 9.17) is 12.6 Å². The summed E-state index contributed by atoms with van der Waals surface area (Å²) in [6, 6.07) is 0. The number of unbranched alkanes of at least 4 members (excludes halogenated alkanes) is 9. The molecule has 0 aliphatic rings. The third kappa shape index (κ3) is 12.0. The van der Waals surface area contributed by atoms with Crippen LogP contribution >= 0.6 is 12.6 Å². The highest BCUT2D eigenvalue weighted by Crippen LogP contribution is 2.10. The van der Waals surface area contributed by atoms with Gasteiger partial charge in [-0.1, -0.05) is 77.0 Å². The molecule has 0 heterocycles. The van der Waals surface area contributed by atoms with Crippen molar-refractivity contribution in [1.82, 2.24) is 0 Å². The second-order valence-electron chi connectivity index (χ2n) is 3.99. The molecule has 0 aromatic rings. The fourth-order valence-corrected chi connectivity index (χ4v) is 1.78. The zero-order valence-corrected chi connectivity index (χ0v) is 10.5. The number of hydrogen-bond donors (Lipinski definition) is 0. The van der Waals surface area contributed by atoms with E-state index in [-0.39, 0.29) is 0 Å². The molecule has 0 nitrogen and oxygen atoms in total. The Kier molecular flexibility index (Phi) is 12.9. The molecule has 0 saturated carbocycles. The largest absolute Gasteiger partial charge is 0.0891 e. The van der Waals surface area contributed by atoms with Crippen molar-refractivity contribution in [3.63, 3.8) is 0 Å². The molecule has 0 aromatic carbocycles. The Morgan fingerprint density at radius 1 is 0.786 bits per heavy atom. The van der Waals surface area contributed by atoms with Gasteiger partial charge >= 0.3 is 0 Å². The van der Waals surface area contributed by atoms with E-state index in [0.717, 1.165) is 0 Å². The lowest BCUT2D eigenvalue weighted by molar-refractivity contribution is 0.566. The molecule has 1 heteroatoms. The Labute approximate surface area is 95.6 Å². The second kappa shape index (κ2) is 13.0. The van der Waals surface area contributed by atoms with E-state index in [1.807, 2.05) is 0 Å². The average molecular weight is 213 g/mol. The van der Waals surface area contributed by atoms with Gasteiger partial charge in [-0.3, -0.25) is 0 Å². The van der Waals surface area contributed by atoms with Gasteiger partial charge in [0, 0.05) is 0 Å². The summed E-state index contributed by atoms with van der Waals surface area (Å²) in [5, 5.41) is 1.74. The third-order valence-electron chi connectivity index (χ3n) is 2.57. The van der Waals surface area contributed by atoms with Gasteiger partial charge in [-0.2, -0.15) is 0 Å². The van der Waals surface area contributed by atoms with Crippen molar-refractivity contribution in [2.45, 2.75) is 71.1 Å². The van der Waals surface area contributed by atoms with Crippen LogP contribution in [0.25, 0.3) is 0 Å². The van der Waals surface area contributed by atoms with Gasteiger partial charge < -0.3 is 0 Å². The normalized spacial score (nSPS) is 11.2. The molecule has 14 heavy (non-hydrogen) atoms. The molecule has 0 bridgehead atoms. The summed E-state index contributed by atoms with van der Waals surface area (Å²) < 4.78 is 0. The summed E-state index contributed by atoms with van der Waals surface area (Å²) in [4.78, 5) is 0. The zero-order valence-electron chi connectivity index (χ0n) is 9.63.